The Hall–Kier alpha value is -1.91. The molecule has 3 atom stereocenters. The molecular weight excluding hydrogens is 324 g/mol. The van der Waals surface area contributed by atoms with E-state index >= 15 is 0 Å². The zero-order valence-corrected chi connectivity index (χ0v) is 15.8. The molecular formula is C22H30N2O2. The Labute approximate surface area is 156 Å². The van der Waals surface area contributed by atoms with Crippen molar-refractivity contribution >= 4 is 0 Å². The van der Waals surface area contributed by atoms with E-state index in [2.05, 4.69) is 23.7 Å². The lowest BCUT2D eigenvalue weighted by atomic mass is 9.85. The standard InChI is InChI=1S/C22H30N2O2/c1-17-7-5-8-18(2)24(17)16-6-14-22(26,21-9-3-4-15-23-21)19-10-12-20(25)13-11-19/h3-4,9-13,15,17-18,25-26H,5-8,14,16H2,1-2H3. The molecule has 1 aromatic carbocycles. The highest BCUT2D eigenvalue weighted by Gasteiger charge is 2.33. The Bertz CT molecular complexity index is 679. The van der Waals surface area contributed by atoms with Crippen LogP contribution in [0, 0.1) is 0 Å². The van der Waals surface area contributed by atoms with Crippen molar-refractivity contribution in [3.63, 3.8) is 0 Å². The molecule has 1 fully saturated rings. The molecule has 1 aliphatic heterocycles. The maximum Gasteiger partial charge on any atom is 0.131 e. The Kier molecular flexibility index (Phi) is 5.94. The zero-order valence-electron chi connectivity index (χ0n) is 15.8. The lowest BCUT2D eigenvalue weighted by Gasteiger charge is -2.39. The van der Waals surface area contributed by atoms with Crippen molar-refractivity contribution in [3.05, 3.63) is 59.9 Å². The quantitative estimate of drug-likeness (QED) is 0.821. The molecule has 0 aliphatic carbocycles. The van der Waals surface area contributed by atoms with Crippen molar-refractivity contribution in [1.29, 1.82) is 0 Å². The van der Waals surface area contributed by atoms with Crippen LogP contribution in [0.5, 0.6) is 5.75 Å². The second-order valence-electron chi connectivity index (χ2n) is 7.59. The average Bonchev–Trinajstić information content (AvgIpc) is 2.65. The van der Waals surface area contributed by atoms with Gasteiger partial charge in [-0.3, -0.25) is 9.88 Å². The van der Waals surface area contributed by atoms with Gasteiger partial charge in [-0.1, -0.05) is 24.6 Å². The van der Waals surface area contributed by atoms with E-state index in [-0.39, 0.29) is 5.75 Å². The number of pyridine rings is 1. The summed E-state index contributed by atoms with van der Waals surface area (Å²) >= 11 is 0. The molecule has 3 rings (SSSR count). The summed E-state index contributed by atoms with van der Waals surface area (Å²) in [6, 6.07) is 13.7. The van der Waals surface area contributed by atoms with E-state index in [9.17, 15) is 10.2 Å². The molecule has 0 saturated carbocycles. The average molecular weight is 354 g/mol. The SMILES string of the molecule is CC1CCCC(C)N1CCCC(O)(c1ccc(O)cc1)c1ccccn1. The molecule has 2 aromatic rings. The smallest absolute Gasteiger partial charge is 0.131 e. The summed E-state index contributed by atoms with van der Waals surface area (Å²) in [6.07, 6.45) is 7.03. The topological polar surface area (TPSA) is 56.6 Å². The molecule has 1 aromatic heterocycles. The number of phenols is 1. The number of nitrogens with zero attached hydrogens (tertiary/aromatic N) is 2. The second-order valence-corrected chi connectivity index (χ2v) is 7.59. The van der Waals surface area contributed by atoms with E-state index in [1.807, 2.05) is 18.2 Å². The van der Waals surface area contributed by atoms with Crippen molar-refractivity contribution < 1.29 is 10.2 Å². The van der Waals surface area contributed by atoms with Crippen LogP contribution in [0.3, 0.4) is 0 Å². The van der Waals surface area contributed by atoms with Gasteiger partial charge in [-0.05, 0) is 75.9 Å². The van der Waals surface area contributed by atoms with Gasteiger partial charge in [0.05, 0.1) is 5.69 Å². The highest BCUT2D eigenvalue weighted by atomic mass is 16.3. The molecule has 2 heterocycles. The number of aliphatic hydroxyl groups is 1. The highest BCUT2D eigenvalue weighted by molar-refractivity contribution is 5.35. The Morgan fingerprint density at radius 3 is 2.38 bits per heavy atom. The number of hydrogen-bond donors (Lipinski definition) is 2. The van der Waals surface area contributed by atoms with Gasteiger partial charge in [0.2, 0.25) is 0 Å². The van der Waals surface area contributed by atoms with E-state index < -0.39 is 5.60 Å². The Morgan fingerprint density at radius 2 is 1.77 bits per heavy atom. The number of rotatable bonds is 6. The monoisotopic (exact) mass is 354 g/mol. The maximum absolute atomic E-state index is 11.5. The molecule has 4 nitrogen and oxygen atoms in total. The van der Waals surface area contributed by atoms with Crippen LogP contribution in [-0.4, -0.2) is 38.7 Å². The normalized spacial score (nSPS) is 23.5. The van der Waals surface area contributed by atoms with Gasteiger partial charge in [-0.15, -0.1) is 0 Å². The van der Waals surface area contributed by atoms with Crippen LogP contribution in [0.25, 0.3) is 0 Å². The molecule has 0 amide bonds. The maximum atomic E-state index is 11.5. The van der Waals surface area contributed by atoms with Crippen molar-refractivity contribution in [2.24, 2.45) is 0 Å². The third-order valence-corrected chi connectivity index (χ3v) is 5.76. The van der Waals surface area contributed by atoms with Gasteiger partial charge in [0.15, 0.2) is 0 Å². The number of phenolic OH excluding ortho intramolecular Hbond substituents is 1. The lowest BCUT2D eigenvalue weighted by molar-refractivity contribution is 0.0489. The van der Waals surface area contributed by atoms with Gasteiger partial charge in [-0.2, -0.15) is 0 Å². The molecule has 140 valence electrons. The third-order valence-electron chi connectivity index (χ3n) is 5.76. The van der Waals surface area contributed by atoms with Crippen LogP contribution >= 0.6 is 0 Å². The first-order chi connectivity index (χ1) is 12.5. The van der Waals surface area contributed by atoms with Gasteiger partial charge >= 0.3 is 0 Å². The van der Waals surface area contributed by atoms with Crippen LogP contribution < -0.4 is 0 Å². The molecule has 1 saturated heterocycles. The number of aromatic nitrogens is 1. The van der Waals surface area contributed by atoms with Crippen molar-refractivity contribution in [2.45, 2.75) is 63.6 Å². The molecule has 0 spiro atoms. The molecule has 1 aliphatic rings. The van der Waals surface area contributed by atoms with Crippen molar-refractivity contribution in [3.8, 4) is 5.75 Å². The van der Waals surface area contributed by atoms with Crippen LogP contribution in [0.2, 0.25) is 0 Å². The van der Waals surface area contributed by atoms with Crippen LogP contribution in [-0.2, 0) is 5.60 Å². The number of piperidine rings is 1. The molecule has 0 radical (unpaired) electrons. The van der Waals surface area contributed by atoms with E-state index in [0.29, 0.717) is 24.2 Å². The minimum Gasteiger partial charge on any atom is -0.508 e. The second kappa shape index (κ2) is 8.19. The van der Waals surface area contributed by atoms with E-state index in [1.165, 1.54) is 19.3 Å². The minimum absolute atomic E-state index is 0.202. The largest absolute Gasteiger partial charge is 0.508 e. The predicted molar refractivity (Wildman–Crippen MR) is 104 cm³/mol. The minimum atomic E-state index is -1.14. The zero-order chi connectivity index (χ0) is 18.6. The third kappa shape index (κ3) is 4.08. The van der Waals surface area contributed by atoms with E-state index in [0.717, 1.165) is 18.5 Å². The highest BCUT2D eigenvalue weighted by Crippen LogP contribution is 2.34. The molecule has 0 bridgehead atoms. The van der Waals surface area contributed by atoms with Gasteiger partial charge in [0, 0.05) is 18.3 Å². The summed E-state index contributed by atoms with van der Waals surface area (Å²) in [6.45, 7) is 5.59. The summed E-state index contributed by atoms with van der Waals surface area (Å²) in [5.74, 6) is 0.202. The van der Waals surface area contributed by atoms with Crippen LogP contribution in [0.15, 0.2) is 48.7 Å². The van der Waals surface area contributed by atoms with Crippen molar-refractivity contribution in [1.82, 2.24) is 9.88 Å². The van der Waals surface area contributed by atoms with Crippen LogP contribution in [0.4, 0.5) is 0 Å². The molecule has 2 N–H and O–H groups in total. The van der Waals surface area contributed by atoms with Crippen molar-refractivity contribution in [2.75, 3.05) is 6.54 Å². The fraction of sp³-hybridized carbons (Fsp3) is 0.500. The summed E-state index contributed by atoms with van der Waals surface area (Å²) in [5.41, 5.74) is 0.288. The Balaban J connectivity index is 1.77. The van der Waals surface area contributed by atoms with Crippen LogP contribution in [0.1, 0.15) is 57.2 Å². The molecule has 26 heavy (non-hydrogen) atoms. The first-order valence-corrected chi connectivity index (χ1v) is 9.70. The van der Waals surface area contributed by atoms with E-state index in [4.69, 9.17) is 0 Å². The van der Waals surface area contributed by atoms with Gasteiger partial charge < -0.3 is 10.2 Å². The molecule has 3 unspecified atom stereocenters. The Morgan fingerprint density at radius 1 is 1.08 bits per heavy atom. The lowest BCUT2D eigenvalue weighted by Crippen LogP contribution is -2.44. The summed E-state index contributed by atoms with van der Waals surface area (Å²) in [5, 5.41) is 21.1. The number of aromatic hydroxyl groups is 1. The van der Waals surface area contributed by atoms with Gasteiger partial charge in [0.25, 0.3) is 0 Å². The molecule has 4 heteroatoms. The summed E-state index contributed by atoms with van der Waals surface area (Å²) < 4.78 is 0. The fourth-order valence-electron chi connectivity index (χ4n) is 4.20. The summed E-state index contributed by atoms with van der Waals surface area (Å²) in [7, 11) is 0. The predicted octanol–water partition coefficient (Wildman–Crippen LogP) is 4.07. The summed E-state index contributed by atoms with van der Waals surface area (Å²) in [4.78, 5) is 6.99. The number of hydrogen-bond acceptors (Lipinski definition) is 4. The number of likely N-dealkylation sites (tertiary alicyclic amines) is 1. The van der Waals surface area contributed by atoms with E-state index in [1.54, 1.807) is 30.5 Å². The first kappa shape index (κ1) is 18.9. The van der Waals surface area contributed by atoms with Gasteiger partial charge in [0.1, 0.15) is 11.4 Å². The first-order valence-electron chi connectivity index (χ1n) is 9.70. The number of benzene rings is 1. The fourth-order valence-corrected chi connectivity index (χ4v) is 4.20. The van der Waals surface area contributed by atoms with Gasteiger partial charge in [-0.25, -0.2) is 0 Å².